The third kappa shape index (κ3) is 5.34. The van der Waals surface area contributed by atoms with Crippen molar-refractivity contribution in [3.63, 3.8) is 0 Å². The van der Waals surface area contributed by atoms with Crippen molar-refractivity contribution in [1.29, 1.82) is 0 Å². The molecule has 2 aromatic rings. The first-order valence-electron chi connectivity index (χ1n) is 7.46. The van der Waals surface area contributed by atoms with Crippen LogP contribution in [0.5, 0.6) is 11.5 Å². The van der Waals surface area contributed by atoms with Gasteiger partial charge < -0.3 is 14.8 Å². The number of aromatic amines is 1. The van der Waals surface area contributed by atoms with Gasteiger partial charge in [0.05, 0.1) is 18.9 Å². The van der Waals surface area contributed by atoms with E-state index in [1.807, 2.05) is 31.2 Å². The maximum absolute atomic E-state index is 11.7. The van der Waals surface area contributed by atoms with Crippen molar-refractivity contribution in [3.8, 4) is 11.5 Å². The quantitative estimate of drug-likeness (QED) is 0.512. The van der Waals surface area contributed by atoms with Crippen LogP contribution in [-0.2, 0) is 11.8 Å². The lowest BCUT2D eigenvalue weighted by Gasteiger charge is -2.08. The van der Waals surface area contributed by atoms with Crippen LogP contribution in [-0.4, -0.2) is 46.2 Å². The monoisotopic (exact) mass is 352 g/mol. The predicted molar refractivity (Wildman–Crippen MR) is 90.7 cm³/mol. The first-order valence-corrected chi connectivity index (χ1v) is 8.45. The molecule has 0 bridgehead atoms. The molecule has 2 rings (SSSR count). The Morgan fingerprint density at radius 1 is 1.29 bits per heavy atom. The summed E-state index contributed by atoms with van der Waals surface area (Å²) in [5, 5.41) is 9.36. The SMILES string of the molecule is CCOc1ccc(OCCNC(=O)CSc2n[nH]c(=O)n2C)cc1. The van der Waals surface area contributed by atoms with E-state index in [0.717, 1.165) is 5.75 Å². The molecule has 24 heavy (non-hydrogen) atoms. The Balaban J connectivity index is 1.63. The largest absolute Gasteiger partial charge is 0.494 e. The molecular formula is C15H20N4O4S. The molecule has 1 amide bonds. The molecule has 0 saturated carbocycles. The molecular weight excluding hydrogens is 332 g/mol. The zero-order chi connectivity index (χ0) is 17.4. The van der Waals surface area contributed by atoms with Crippen molar-refractivity contribution < 1.29 is 14.3 Å². The Kier molecular flexibility index (Phi) is 6.74. The summed E-state index contributed by atoms with van der Waals surface area (Å²) >= 11 is 1.19. The number of thioether (sulfide) groups is 1. The number of amides is 1. The Bertz CT molecular complexity index is 711. The second-order valence-electron chi connectivity index (χ2n) is 4.76. The summed E-state index contributed by atoms with van der Waals surface area (Å²) in [6.07, 6.45) is 0. The van der Waals surface area contributed by atoms with Crippen LogP contribution in [0.3, 0.4) is 0 Å². The van der Waals surface area contributed by atoms with Crippen LogP contribution in [0.25, 0.3) is 0 Å². The number of nitrogens with zero attached hydrogens (tertiary/aromatic N) is 2. The fraction of sp³-hybridized carbons (Fsp3) is 0.400. The highest BCUT2D eigenvalue weighted by molar-refractivity contribution is 7.99. The Morgan fingerprint density at radius 3 is 2.54 bits per heavy atom. The van der Waals surface area contributed by atoms with E-state index in [1.165, 1.54) is 16.3 Å². The molecule has 0 atom stereocenters. The highest BCUT2D eigenvalue weighted by Gasteiger charge is 2.08. The number of rotatable bonds is 9. The van der Waals surface area contributed by atoms with Crippen molar-refractivity contribution in [2.45, 2.75) is 12.1 Å². The van der Waals surface area contributed by atoms with Gasteiger partial charge in [0.25, 0.3) is 0 Å². The fourth-order valence-electron chi connectivity index (χ4n) is 1.80. The first-order chi connectivity index (χ1) is 11.6. The minimum absolute atomic E-state index is 0.147. The Labute approximate surface area is 143 Å². The Morgan fingerprint density at radius 2 is 1.96 bits per heavy atom. The van der Waals surface area contributed by atoms with Crippen LogP contribution in [0.4, 0.5) is 0 Å². The number of carbonyl (C=O) groups excluding carboxylic acids is 1. The van der Waals surface area contributed by atoms with Gasteiger partial charge in [-0.1, -0.05) is 11.8 Å². The normalized spacial score (nSPS) is 10.4. The standard InChI is InChI=1S/C15H20N4O4S/c1-3-22-11-4-6-12(7-5-11)23-9-8-16-13(20)10-24-15-18-17-14(21)19(15)2/h4-7H,3,8-10H2,1-2H3,(H,16,20)(H,17,21). The van der Waals surface area contributed by atoms with Gasteiger partial charge in [0.1, 0.15) is 18.1 Å². The number of benzene rings is 1. The van der Waals surface area contributed by atoms with Gasteiger partial charge in [0, 0.05) is 7.05 Å². The van der Waals surface area contributed by atoms with Gasteiger partial charge >= 0.3 is 5.69 Å². The van der Waals surface area contributed by atoms with Gasteiger partial charge in [-0.15, -0.1) is 5.10 Å². The number of hydrogen-bond acceptors (Lipinski definition) is 6. The van der Waals surface area contributed by atoms with E-state index in [2.05, 4.69) is 15.5 Å². The molecule has 9 heteroatoms. The summed E-state index contributed by atoms with van der Waals surface area (Å²) in [4.78, 5) is 22.9. The molecule has 0 saturated heterocycles. The molecule has 2 N–H and O–H groups in total. The van der Waals surface area contributed by atoms with Crippen LogP contribution in [0, 0.1) is 0 Å². The van der Waals surface area contributed by atoms with Gasteiger partial charge in [0.15, 0.2) is 5.16 Å². The molecule has 130 valence electrons. The highest BCUT2D eigenvalue weighted by Crippen LogP contribution is 2.17. The third-order valence-electron chi connectivity index (χ3n) is 3.00. The first kappa shape index (κ1) is 17.9. The van der Waals surface area contributed by atoms with Crippen molar-refractivity contribution in [2.24, 2.45) is 7.05 Å². The molecule has 0 aliphatic carbocycles. The lowest BCUT2D eigenvalue weighted by molar-refractivity contribution is -0.118. The van der Waals surface area contributed by atoms with E-state index in [0.29, 0.717) is 30.7 Å². The smallest absolute Gasteiger partial charge is 0.343 e. The van der Waals surface area contributed by atoms with Crippen molar-refractivity contribution in [2.75, 3.05) is 25.5 Å². The van der Waals surface area contributed by atoms with Gasteiger partial charge in [-0.05, 0) is 31.2 Å². The summed E-state index contributed by atoms with van der Waals surface area (Å²) < 4.78 is 12.2. The van der Waals surface area contributed by atoms with E-state index in [1.54, 1.807) is 7.05 Å². The van der Waals surface area contributed by atoms with E-state index in [4.69, 9.17) is 9.47 Å². The Hall–Kier alpha value is -2.42. The van der Waals surface area contributed by atoms with Gasteiger partial charge in [-0.25, -0.2) is 9.89 Å². The second kappa shape index (κ2) is 9.02. The summed E-state index contributed by atoms with van der Waals surface area (Å²) in [5.74, 6) is 1.54. The molecule has 0 aliphatic rings. The maximum Gasteiger partial charge on any atom is 0.343 e. The maximum atomic E-state index is 11.7. The number of hydrogen-bond donors (Lipinski definition) is 2. The number of carbonyl (C=O) groups is 1. The number of H-pyrrole nitrogens is 1. The molecule has 1 aromatic heterocycles. The third-order valence-corrected chi connectivity index (χ3v) is 4.03. The van der Waals surface area contributed by atoms with Crippen molar-refractivity contribution in [3.05, 3.63) is 34.7 Å². The predicted octanol–water partition coefficient (Wildman–Crippen LogP) is 0.794. The molecule has 0 aliphatic heterocycles. The van der Waals surface area contributed by atoms with Crippen LogP contribution < -0.4 is 20.5 Å². The molecule has 0 radical (unpaired) electrons. The minimum Gasteiger partial charge on any atom is -0.494 e. The summed E-state index contributed by atoms with van der Waals surface area (Å²) in [6.45, 7) is 3.31. The molecule has 0 spiro atoms. The molecule has 1 aromatic carbocycles. The minimum atomic E-state index is -0.304. The van der Waals surface area contributed by atoms with Crippen molar-refractivity contribution in [1.82, 2.24) is 20.1 Å². The van der Waals surface area contributed by atoms with Gasteiger partial charge in [-0.2, -0.15) is 0 Å². The average molecular weight is 352 g/mol. The van der Waals surface area contributed by atoms with Crippen LogP contribution in [0.15, 0.2) is 34.2 Å². The molecule has 1 heterocycles. The van der Waals surface area contributed by atoms with E-state index >= 15 is 0 Å². The number of ether oxygens (including phenoxy) is 2. The van der Waals surface area contributed by atoms with Crippen LogP contribution in [0.2, 0.25) is 0 Å². The van der Waals surface area contributed by atoms with E-state index in [-0.39, 0.29) is 17.3 Å². The van der Waals surface area contributed by atoms with Gasteiger partial charge in [-0.3, -0.25) is 9.36 Å². The van der Waals surface area contributed by atoms with Crippen LogP contribution >= 0.6 is 11.8 Å². The molecule has 0 fully saturated rings. The molecule has 0 unspecified atom stereocenters. The van der Waals surface area contributed by atoms with Gasteiger partial charge in [0.2, 0.25) is 5.91 Å². The number of nitrogens with one attached hydrogen (secondary N) is 2. The van der Waals surface area contributed by atoms with Crippen LogP contribution in [0.1, 0.15) is 6.92 Å². The van der Waals surface area contributed by atoms with Crippen molar-refractivity contribution >= 4 is 17.7 Å². The number of aromatic nitrogens is 3. The summed E-state index contributed by atoms with van der Waals surface area (Å²) in [7, 11) is 1.59. The zero-order valence-electron chi connectivity index (χ0n) is 13.6. The lowest BCUT2D eigenvalue weighted by atomic mass is 10.3. The fourth-order valence-corrected chi connectivity index (χ4v) is 2.55. The molecule has 8 nitrogen and oxygen atoms in total. The zero-order valence-corrected chi connectivity index (χ0v) is 14.4. The van der Waals surface area contributed by atoms with E-state index < -0.39 is 0 Å². The average Bonchev–Trinajstić information content (AvgIpc) is 2.90. The summed E-state index contributed by atoms with van der Waals surface area (Å²) in [5.41, 5.74) is -0.304. The summed E-state index contributed by atoms with van der Waals surface area (Å²) in [6, 6.07) is 7.31. The topological polar surface area (TPSA) is 98.2 Å². The highest BCUT2D eigenvalue weighted by atomic mass is 32.2. The lowest BCUT2D eigenvalue weighted by Crippen LogP contribution is -2.29. The van der Waals surface area contributed by atoms with E-state index in [9.17, 15) is 9.59 Å². The second-order valence-corrected chi connectivity index (χ2v) is 5.70.